The largest absolute Gasteiger partial charge is 0.496 e. The molecule has 0 unspecified atom stereocenters. The molecule has 1 heterocycles. The number of nitrogens with zero attached hydrogens (tertiary/aromatic N) is 2. The first kappa shape index (κ1) is 24.3. The normalized spacial score (nSPS) is 13.0. The average molecular weight is 465 g/mol. The molecule has 4 rings (SSSR count). The maximum absolute atomic E-state index is 11.9. The number of Topliss-reactive ketones (excluding diaryl/α,β-unsaturated/α-hetero) is 1. The Hall–Kier alpha value is -3.39. The summed E-state index contributed by atoms with van der Waals surface area (Å²) in [5.41, 5.74) is 5.54. The van der Waals surface area contributed by atoms with Crippen molar-refractivity contribution in [1.29, 1.82) is 0 Å². The Kier molecular flexibility index (Phi) is 7.71. The van der Waals surface area contributed by atoms with E-state index in [4.69, 9.17) is 4.74 Å². The second kappa shape index (κ2) is 10.5. The van der Waals surface area contributed by atoms with E-state index in [2.05, 4.69) is 27.5 Å². The molecule has 1 aromatic heterocycles. The second-order valence-corrected chi connectivity index (χ2v) is 7.98. The zero-order chi connectivity index (χ0) is 22.7. The number of ketones is 1. The van der Waals surface area contributed by atoms with Crippen molar-refractivity contribution in [1.82, 2.24) is 15.3 Å². The molecule has 1 aliphatic carbocycles. The molecule has 0 saturated heterocycles. The quantitative estimate of drug-likeness (QED) is 0.556. The highest BCUT2D eigenvalue weighted by Crippen LogP contribution is 2.29. The first-order valence-corrected chi connectivity index (χ1v) is 10.6. The number of anilines is 1. The van der Waals surface area contributed by atoms with Crippen molar-refractivity contribution in [3.8, 4) is 17.0 Å². The first-order chi connectivity index (χ1) is 15.5. The Morgan fingerprint density at radius 1 is 1.09 bits per heavy atom. The summed E-state index contributed by atoms with van der Waals surface area (Å²) >= 11 is 0. The third-order valence-corrected chi connectivity index (χ3v) is 5.79. The van der Waals surface area contributed by atoms with Gasteiger partial charge in [0.05, 0.1) is 12.8 Å². The number of fused-ring (bicyclic) bond motifs is 1. The van der Waals surface area contributed by atoms with Crippen molar-refractivity contribution < 1.29 is 14.3 Å². The highest BCUT2D eigenvalue weighted by molar-refractivity contribution is 7.59. The molecule has 0 spiro atoms. The van der Waals surface area contributed by atoms with E-state index in [9.17, 15) is 9.59 Å². The molecule has 1 amide bonds. The highest BCUT2D eigenvalue weighted by Gasteiger charge is 2.19. The summed E-state index contributed by atoms with van der Waals surface area (Å²) in [6.07, 6.45) is 2.56. The summed E-state index contributed by atoms with van der Waals surface area (Å²) in [7, 11) is 3.21. The van der Waals surface area contributed by atoms with Gasteiger partial charge in [-0.3, -0.25) is 9.59 Å². The molecule has 172 valence electrons. The minimum atomic E-state index is -0.148. The maximum Gasteiger partial charge on any atom is 0.251 e. The molecule has 0 saturated carbocycles. The van der Waals surface area contributed by atoms with Gasteiger partial charge in [0.1, 0.15) is 23.7 Å². The van der Waals surface area contributed by atoms with E-state index in [1.54, 1.807) is 32.6 Å². The highest BCUT2D eigenvalue weighted by atomic mass is 32.1. The van der Waals surface area contributed by atoms with Crippen molar-refractivity contribution in [3.05, 3.63) is 71.0 Å². The lowest BCUT2D eigenvalue weighted by atomic mass is 9.98. The van der Waals surface area contributed by atoms with E-state index in [0.29, 0.717) is 30.7 Å². The zero-order valence-electron chi connectivity index (χ0n) is 18.9. The van der Waals surface area contributed by atoms with Crippen LogP contribution in [-0.2, 0) is 17.6 Å². The molecule has 1 atom stereocenters. The summed E-state index contributed by atoms with van der Waals surface area (Å²) < 4.78 is 5.52. The standard InChI is InChI=1S/C25H26N4O3.H2S/c1-15(21-7-6-18(25(31)26-2)11-23(21)32-3)13-27-24-12-22(28-14-29-24)17-5-4-16-9-20(30)10-19(16)8-17;/h4-8,11-12,14-15H,9-10,13H2,1-3H3,(H,26,31)(H,27,28,29);1H2/t15-;/m1./s1. The topological polar surface area (TPSA) is 93.2 Å². The van der Waals surface area contributed by atoms with E-state index in [0.717, 1.165) is 33.8 Å². The van der Waals surface area contributed by atoms with Crippen LogP contribution in [0.15, 0.2) is 48.8 Å². The smallest absolute Gasteiger partial charge is 0.251 e. The minimum absolute atomic E-state index is 0. The van der Waals surface area contributed by atoms with Gasteiger partial charge in [-0.05, 0) is 34.9 Å². The Morgan fingerprint density at radius 2 is 1.88 bits per heavy atom. The van der Waals surface area contributed by atoms with Gasteiger partial charge in [0, 0.05) is 49.5 Å². The lowest BCUT2D eigenvalue weighted by Crippen LogP contribution is -2.18. The van der Waals surface area contributed by atoms with Gasteiger partial charge in [-0.25, -0.2) is 9.97 Å². The van der Waals surface area contributed by atoms with Gasteiger partial charge in [-0.15, -0.1) is 0 Å². The average Bonchev–Trinajstić information content (AvgIpc) is 3.20. The molecule has 3 aromatic rings. The number of hydrogen-bond acceptors (Lipinski definition) is 6. The van der Waals surface area contributed by atoms with Crippen molar-refractivity contribution in [2.24, 2.45) is 0 Å². The molecular formula is C25H28N4O3S. The number of carbonyl (C=O) groups is 2. The molecule has 8 heteroatoms. The molecule has 7 nitrogen and oxygen atoms in total. The van der Waals surface area contributed by atoms with E-state index in [1.165, 1.54) is 0 Å². The number of hydrogen-bond donors (Lipinski definition) is 2. The molecule has 0 bridgehead atoms. The molecule has 2 N–H and O–H groups in total. The van der Waals surface area contributed by atoms with Crippen LogP contribution in [0.4, 0.5) is 5.82 Å². The fraction of sp³-hybridized carbons (Fsp3) is 0.280. The van der Waals surface area contributed by atoms with Gasteiger partial charge in [0.15, 0.2) is 0 Å². The Balaban J connectivity index is 0.00000306. The summed E-state index contributed by atoms with van der Waals surface area (Å²) in [6, 6.07) is 13.5. The number of ether oxygens (including phenoxy) is 1. The summed E-state index contributed by atoms with van der Waals surface area (Å²) in [6.45, 7) is 2.72. The Labute approximate surface area is 200 Å². The van der Waals surface area contributed by atoms with Crippen LogP contribution in [0.5, 0.6) is 5.75 Å². The van der Waals surface area contributed by atoms with Crippen LogP contribution in [0.2, 0.25) is 0 Å². The van der Waals surface area contributed by atoms with Crippen LogP contribution >= 0.6 is 13.5 Å². The molecule has 2 aromatic carbocycles. The van der Waals surface area contributed by atoms with E-state index in [-0.39, 0.29) is 31.1 Å². The van der Waals surface area contributed by atoms with Crippen molar-refractivity contribution in [2.75, 3.05) is 26.0 Å². The summed E-state index contributed by atoms with van der Waals surface area (Å²) in [5, 5.41) is 6.00. The molecule has 1 aliphatic rings. The molecule has 33 heavy (non-hydrogen) atoms. The Morgan fingerprint density at radius 3 is 2.64 bits per heavy atom. The van der Waals surface area contributed by atoms with Gasteiger partial charge in [-0.1, -0.05) is 25.1 Å². The van der Waals surface area contributed by atoms with Crippen LogP contribution in [0.1, 0.15) is 39.9 Å². The first-order valence-electron chi connectivity index (χ1n) is 10.6. The zero-order valence-corrected chi connectivity index (χ0v) is 19.9. The molecular weight excluding hydrogens is 436 g/mol. The predicted molar refractivity (Wildman–Crippen MR) is 134 cm³/mol. The van der Waals surface area contributed by atoms with Gasteiger partial charge in [-0.2, -0.15) is 13.5 Å². The Bertz CT molecular complexity index is 1180. The number of amides is 1. The van der Waals surface area contributed by atoms with Crippen LogP contribution in [0.25, 0.3) is 11.3 Å². The van der Waals surface area contributed by atoms with Crippen molar-refractivity contribution in [3.63, 3.8) is 0 Å². The fourth-order valence-corrected chi connectivity index (χ4v) is 3.99. The van der Waals surface area contributed by atoms with Crippen LogP contribution in [0, 0.1) is 0 Å². The number of aromatic nitrogens is 2. The summed E-state index contributed by atoms with van der Waals surface area (Å²) in [5.74, 6) is 1.63. The number of nitrogens with one attached hydrogen (secondary N) is 2. The fourth-order valence-electron chi connectivity index (χ4n) is 3.99. The lowest BCUT2D eigenvalue weighted by Gasteiger charge is -2.17. The molecule has 0 aliphatic heterocycles. The number of rotatable bonds is 7. The SMILES string of the molecule is CNC(=O)c1ccc([C@H](C)CNc2cc(-c3ccc4c(c3)CC(=O)C4)ncn2)c(OC)c1.S. The minimum Gasteiger partial charge on any atom is -0.496 e. The van der Waals surface area contributed by atoms with Gasteiger partial charge >= 0.3 is 0 Å². The van der Waals surface area contributed by atoms with Crippen molar-refractivity contribution >= 4 is 31.0 Å². The monoisotopic (exact) mass is 464 g/mol. The second-order valence-electron chi connectivity index (χ2n) is 7.98. The van der Waals surface area contributed by atoms with Gasteiger partial charge < -0.3 is 15.4 Å². The maximum atomic E-state index is 11.9. The van der Waals surface area contributed by atoms with Gasteiger partial charge in [0.25, 0.3) is 5.91 Å². The van der Waals surface area contributed by atoms with E-state index in [1.807, 2.05) is 30.3 Å². The summed E-state index contributed by atoms with van der Waals surface area (Å²) in [4.78, 5) is 32.4. The van der Waals surface area contributed by atoms with Crippen molar-refractivity contribution in [2.45, 2.75) is 25.7 Å². The number of carbonyl (C=O) groups excluding carboxylic acids is 2. The van der Waals surface area contributed by atoms with Crippen LogP contribution in [-0.4, -0.2) is 42.4 Å². The van der Waals surface area contributed by atoms with E-state index >= 15 is 0 Å². The lowest BCUT2D eigenvalue weighted by molar-refractivity contribution is -0.117. The third-order valence-electron chi connectivity index (χ3n) is 5.79. The third kappa shape index (κ3) is 5.34. The van der Waals surface area contributed by atoms with E-state index < -0.39 is 0 Å². The predicted octanol–water partition coefficient (Wildman–Crippen LogP) is 3.51. The van der Waals surface area contributed by atoms with Gasteiger partial charge in [0.2, 0.25) is 0 Å². The molecule has 0 radical (unpaired) electrons. The van der Waals surface area contributed by atoms with Crippen LogP contribution in [0.3, 0.4) is 0 Å². The molecule has 0 fully saturated rings. The number of benzene rings is 2. The number of methoxy groups -OCH3 is 1. The van der Waals surface area contributed by atoms with Crippen LogP contribution < -0.4 is 15.4 Å².